The zero-order chi connectivity index (χ0) is 14.0. The van der Waals surface area contributed by atoms with E-state index in [1.165, 1.54) is 6.20 Å². The quantitative estimate of drug-likeness (QED) is 0.840. The number of ether oxygens (including phenoxy) is 1. The molecule has 6 heteroatoms. The minimum Gasteiger partial charge on any atom is -0.379 e. The van der Waals surface area contributed by atoms with Gasteiger partial charge in [-0.2, -0.15) is 5.10 Å². The first-order valence-electron chi connectivity index (χ1n) is 6.64. The highest BCUT2D eigenvalue weighted by Crippen LogP contribution is 2.26. The number of nitrogens with zero attached hydrogens (tertiary/aromatic N) is 2. The van der Waals surface area contributed by atoms with Gasteiger partial charge in [-0.05, 0) is 20.4 Å². The van der Waals surface area contributed by atoms with Crippen LogP contribution in [0.2, 0.25) is 5.02 Å². The highest BCUT2D eigenvalue weighted by molar-refractivity contribution is 6.33. The van der Waals surface area contributed by atoms with Crippen LogP contribution < -0.4 is 5.32 Å². The molecule has 0 spiro atoms. The first-order chi connectivity index (χ1) is 9.06. The lowest BCUT2D eigenvalue weighted by Crippen LogP contribution is -2.39. The van der Waals surface area contributed by atoms with Gasteiger partial charge >= 0.3 is 0 Å². The van der Waals surface area contributed by atoms with Crippen molar-refractivity contribution in [1.82, 2.24) is 15.1 Å². The summed E-state index contributed by atoms with van der Waals surface area (Å²) in [6.45, 7) is 7.80. The van der Waals surface area contributed by atoms with Crippen molar-refractivity contribution >= 4 is 17.4 Å². The number of likely N-dealkylation sites (N-methyl/N-ethyl adjacent to an activating group) is 1. The van der Waals surface area contributed by atoms with E-state index in [-0.39, 0.29) is 23.8 Å². The van der Waals surface area contributed by atoms with Gasteiger partial charge in [-0.25, -0.2) is 0 Å². The number of halogens is 1. The van der Waals surface area contributed by atoms with E-state index in [2.05, 4.69) is 10.4 Å². The fourth-order valence-corrected chi connectivity index (χ4v) is 2.64. The number of rotatable bonds is 5. The van der Waals surface area contributed by atoms with Crippen molar-refractivity contribution < 1.29 is 9.53 Å². The Hall–Kier alpha value is -0.910. The molecule has 1 N–H and O–H groups in total. The van der Waals surface area contributed by atoms with Crippen LogP contribution in [-0.4, -0.2) is 41.4 Å². The predicted molar refractivity (Wildman–Crippen MR) is 73.7 cm³/mol. The average molecular weight is 286 g/mol. The SMILES string of the molecule is CCNC1COCC1C(=O)c1c(Cl)cnn1C(C)C. The van der Waals surface area contributed by atoms with Crippen LogP contribution in [0.15, 0.2) is 6.20 Å². The van der Waals surface area contributed by atoms with Gasteiger partial charge in [0.2, 0.25) is 0 Å². The highest BCUT2D eigenvalue weighted by atomic mass is 35.5. The largest absolute Gasteiger partial charge is 0.379 e. The minimum atomic E-state index is -0.188. The lowest BCUT2D eigenvalue weighted by atomic mass is 9.96. The molecule has 0 radical (unpaired) electrons. The Balaban J connectivity index is 2.26. The summed E-state index contributed by atoms with van der Waals surface area (Å²) in [5.74, 6) is -0.175. The van der Waals surface area contributed by atoms with Crippen molar-refractivity contribution in [2.75, 3.05) is 19.8 Å². The molecule has 1 aromatic rings. The monoisotopic (exact) mass is 285 g/mol. The number of hydrogen-bond donors (Lipinski definition) is 1. The normalized spacial score (nSPS) is 23.2. The number of carbonyl (C=O) groups excluding carboxylic acids is 1. The van der Waals surface area contributed by atoms with Crippen LogP contribution in [0.4, 0.5) is 0 Å². The summed E-state index contributed by atoms with van der Waals surface area (Å²) < 4.78 is 7.11. The summed E-state index contributed by atoms with van der Waals surface area (Å²) in [5.41, 5.74) is 0.495. The molecule has 106 valence electrons. The summed E-state index contributed by atoms with van der Waals surface area (Å²) in [5, 5.41) is 7.89. The Bertz CT molecular complexity index is 459. The van der Waals surface area contributed by atoms with Crippen molar-refractivity contribution in [1.29, 1.82) is 0 Å². The van der Waals surface area contributed by atoms with Crippen molar-refractivity contribution in [3.63, 3.8) is 0 Å². The number of aromatic nitrogens is 2. The number of carbonyl (C=O) groups is 1. The van der Waals surface area contributed by atoms with Gasteiger partial charge in [0, 0.05) is 12.1 Å². The van der Waals surface area contributed by atoms with E-state index in [9.17, 15) is 4.79 Å². The van der Waals surface area contributed by atoms with Crippen LogP contribution >= 0.6 is 11.6 Å². The smallest absolute Gasteiger partial charge is 0.189 e. The van der Waals surface area contributed by atoms with Gasteiger partial charge in [-0.3, -0.25) is 9.48 Å². The highest BCUT2D eigenvalue weighted by Gasteiger charge is 2.36. The van der Waals surface area contributed by atoms with Gasteiger partial charge in [-0.1, -0.05) is 18.5 Å². The molecule has 0 aromatic carbocycles. The zero-order valence-electron chi connectivity index (χ0n) is 11.5. The van der Waals surface area contributed by atoms with E-state index in [1.54, 1.807) is 4.68 Å². The molecule has 19 heavy (non-hydrogen) atoms. The standard InChI is InChI=1S/C13H20ClN3O2/c1-4-15-11-7-19-6-9(11)13(18)12-10(14)5-16-17(12)8(2)3/h5,8-9,11,15H,4,6-7H2,1-3H3. The average Bonchev–Trinajstić information content (AvgIpc) is 2.95. The summed E-state index contributed by atoms with van der Waals surface area (Å²) in [6, 6.07) is 0.162. The summed E-state index contributed by atoms with van der Waals surface area (Å²) >= 11 is 6.12. The molecular weight excluding hydrogens is 266 g/mol. The Morgan fingerprint density at radius 1 is 1.63 bits per heavy atom. The molecule has 1 aliphatic rings. The molecule has 2 rings (SSSR count). The summed E-state index contributed by atoms with van der Waals surface area (Å²) in [7, 11) is 0. The van der Waals surface area contributed by atoms with Crippen LogP contribution in [0.25, 0.3) is 0 Å². The first-order valence-corrected chi connectivity index (χ1v) is 7.02. The molecule has 0 aliphatic carbocycles. The fourth-order valence-electron chi connectivity index (χ4n) is 2.42. The van der Waals surface area contributed by atoms with Crippen LogP contribution in [-0.2, 0) is 4.74 Å². The van der Waals surface area contributed by atoms with Crippen LogP contribution in [0.1, 0.15) is 37.3 Å². The van der Waals surface area contributed by atoms with Gasteiger partial charge in [0.05, 0.1) is 30.4 Å². The Morgan fingerprint density at radius 2 is 2.37 bits per heavy atom. The molecule has 0 amide bonds. The molecular formula is C13H20ClN3O2. The molecule has 1 fully saturated rings. The van der Waals surface area contributed by atoms with Crippen LogP contribution in [0, 0.1) is 5.92 Å². The molecule has 1 aliphatic heterocycles. The molecule has 2 unspecified atom stereocenters. The molecule has 5 nitrogen and oxygen atoms in total. The Kier molecular flexibility index (Phi) is 4.60. The van der Waals surface area contributed by atoms with E-state index >= 15 is 0 Å². The van der Waals surface area contributed by atoms with E-state index < -0.39 is 0 Å². The van der Waals surface area contributed by atoms with Crippen LogP contribution in [0.5, 0.6) is 0 Å². The summed E-state index contributed by atoms with van der Waals surface area (Å²) in [4.78, 5) is 12.7. The van der Waals surface area contributed by atoms with Gasteiger partial charge in [-0.15, -0.1) is 0 Å². The van der Waals surface area contributed by atoms with Crippen molar-refractivity contribution in [2.24, 2.45) is 5.92 Å². The third-order valence-corrected chi connectivity index (χ3v) is 3.63. The Labute approximate surface area is 118 Å². The maximum atomic E-state index is 12.7. The lowest BCUT2D eigenvalue weighted by Gasteiger charge is -2.18. The van der Waals surface area contributed by atoms with Crippen molar-refractivity contribution in [3.05, 3.63) is 16.9 Å². The van der Waals surface area contributed by atoms with E-state index in [0.29, 0.717) is 23.9 Å². The number of ketones is 1. The molecule has 1 aromatic heterocycles. The first kappa shape index (κ1) is 14.5. The topological polar surface area (TPSA) is 56.1 Å². The maximum Gasteiger partial charge on any atom is 0.189 e. The lowest BCUT2D eigenvalue weighted by molar-refractivity contribution is 0.0879. The molecule has 1 saturated heterocycles. The van der Waals surface area contributed by atoms with Crippen molar-refractivity contribution in [3.8, 4) is 0 Å². The molecule has 2 atom stereocenters. The molecule has 0 bridgehead atoms. The molecule has 2 heterocycles. The zero-order valence-corrected chi connectivity index (χ0v) is 12.3. The van der Waals surface area contributed by atoms with Gasteiger partial charge in [0.25, 0.3) is 0 Å². The molecule has 0 saturated carbocycles. The van der Waals surface area contributed by atoms with Crippen LogP contribution in [0.3, 0.4) is 0 Å². The van der Waals surface area contributed by atoms with Crippen molar-refractivity contribution in [2.45, 2.75) is 32.9 Å². The minimum absolute atomic E-state index is 0.0136. The van der Waals surface area contributed by atoms with Gasteiger partial charge < -0.3 is 10.1 Å². The van der Waals surface area contributed by atoms with Gasteiger partial charge in [0.15, 0.2) is 5.78 Å². The Morgan fingerprint density at radius 3 is 3.00 bits per heavy atom. The third-order valence-electron chi connectivity index (χ3n) is 3.36. The third kappa shape index (κ3) is 2.83. The second-order valence-electron chi connectivity index (χ2n) is 5.05. The predicted octanol–water partition coefficient (Wildman–Crippen LogP) is 1.92. The summed E-state index contributed by atoms with van der Waals surface area (Å²) in [6.07, 6.45) is 1.53. The van der Waals surface area contributed by atoms with Gasteiger partial charge in [0.1, 0.15) is 5.69 Å². The maximum absolute atomic E-state index is 12.7. The second kappa shape index (κ2) is 6.03. The number of nitrogens with one attached hydrogen (secondary N) is 1. The second-order valence-corrected chi connectivity index (χ2v) is 5.46. The van der Waals surface area contributed by atoms with E-state index in [0.717, 1.165) is 6.54 Å². The van der Waals surface area contributed by atoms with E-state index in [4.69, 9.17) is 16.3 Å². The number of hydrogen-bond acceptors (Lipinski definition) is 4. The fraction of sp³-hybridized carbons (Fsp3) is 0.692. The number of Topliss-reactive ketones (excluding diaryl/α,β-unsaturated/α-hetero) is 1. The van der Waals surface area contributed by atoms with E-state index in [1.807, 2.05) is 20.8 Å².